The van der Waals surface area contributed by atoms with Crippen molar-refractivity contribution < 1.29 is 23.5 Å². The lowest BCUT2D eigenvalue weighted by Crippen LogP contribution is -2.40. The minimum atomic E-state index is -0.924. The Morgan fingerprint density at radius 1 is 1.10 bits per heavy atom. The van der Waals surface area contributed by atoms with E-state index in [4.69, 9.17) is 14.5 Å². The Kier molecular flexibility index (Phi) is 8.85. The number of halogens is 3. The lowest BCUT2D eigenvalue weighted by Gasteiger charge is -2.25. The number of nitrogens with zero attached hydrogens (tertiary/aromatic N) is 2. The molecule has 1 aliphatic heterocycles. The summed E-state index contributed by atoms with van der Waals surface area (Å²) in [6.45, 7) is 3.14. The van der Waals surface area contributed by atoms with Crippen LogP contribution in [0.5, 0.6) is 5.75 Å². The maximum absolute atomic E-state index is 14.1. The van der Waals surface area contributed by atoms with Gasteiger partial charge in [0.05, 0.1) is 32.0 Å². The smallest absolute Gasteiger partial charge is 0.338 e. The summed E-state index contributed by atoms with van der Waals surface area (Å²) in [6.07, 6.45) is 1.66. The van der Waals surface area contributed by atoms with Crippen LogP contribution in [-0.2, 0) is 14.3 Å². The molecule has 0 aliphatic carbocycles. The molecule has 0 saturated heterocycles. The van der Waals surface area contributed by atoms with Gasteiger partial charge in [0, 0.05) is 21.6 Å². The third-order valence-electron chi connectivity index (χ3n) is 6.13. The molecule has 2 heterocycles. The Balaban J connectivity index is 1.83. The van der Waals surface area contributed by atoms with Gasteiger partial charge < -0.3 is 9.47 Å². The van der Waals surface area contributed by atoms with Crippen LogP contribution in [0, 0.1) is 13.0 Å². The molecule has 5 rings (SSSR count). The van der Waals surface area contributed by atoms with Gasteiger partial charge in [-0.05, 0) is 88.0 Å². The van der Waals surface area contributed by atoms with Crippen LogP contribution in [-0.4, -0.2) is 23.1 Å². The molecule has 11 heteroatoms. The van der Waals surface area contributed by atoms with Gasteiger partial charge >= 0.3 is 11.9 Å². The lowest BCUT2D eigenvalue weighted by molar-refractivity contribution is -0.139. The molecule has 0 amide bonds. The van der Waals surface area contributed by atoms with E-state index in [2.05, 4.69) is 45.2 Å². The van der Waals surface area contributed by atoms with Gasteiger partial charge in [0.2, 0.25) is 0 Å². The van der Waals surface area contributed by atoms with Crippen LogP contribution in [0.3, 0.4) is 0 Å². The number of carbonyl (C=O) groups excluding carboxylic acids is 2. The van der Waals surface area contributed by atoms with Crippen LogP contribution >= 0.6 is 56.5 Å². The zero-order valence-corrected chi connectivity index (χ0v) is 26.8. The first kappa shape index (κ1) is 29.3. The molecule has 7 nitrogen and oxygen atoms in total. The van der Waals surface area contributed by atoms with E-state index in [-0.39, 0.29) is 12.2 Å². The highest BCUT2D eigenvalue weighted by Crippen LogP contribution is 2.35. The minimum absolute atomic E-state index is 0.120. The molecule has 1 atom stereocenters. The summed E-state index contributed by atoms with van der Waals surface area (Å²) in [6, 6.07) is 17.6. The fourth-order valence-electron chi connectivity index (χ4n) is 4.48. The first-order chi connectivity index (χ1) is 19.7. The van der Waals surface area contributed by atoms with Crippen molar-refractivity contribution in [1.82, 2.24) is 4.57 Å². The number of aromatic nitrogens is 1. The largest absolute Gasteiger partial charge is 0.463 e. The highest BCUT2D eigenvalue weighted by Gasteiger charge is 2.35. The van der Waals surface area contributed by atoms with Gasteiger partial charge in [0.1, 0.15) is 5.82 Å². The molecule has 1 aromatic heterocycles. The lowest BCUT2D eigenvalue weighted by atomic mass is 9.93. The number of hydrogen-bond donors (Lipinski definition) is 0. The summed E-state index contributed by atoms with van der Waals surface area (Å²) >= 11 is 5.39. The first-order valence-electron chi connectivity index (χ1n) is 12.4. The number of esters is 2. The molecule has 0 saturated carbocycles. The van der Waals surface area contributed by atoms with E-state index >= 15 is 0 Å². The van der Waals surface area contributed by atoms with Gasteiger partial charge in [-0.15, -0.1) is 0 Å². The fourth-order valence-corrected chi connectivity index (χ4v) is 7.47. The van der Waals surface area contributed by atoms with Crippen molar-refractivity contribution in [3.63, 3.8) is 0 Å². The highest BCUT2D eigenvalue weighted by molar-refractivity contribution is 14.1. The number of benzene rings is 3. The predicted octanol–water partition coefficient (Wildman–Crippen LogP) is 5.21. The van der Waals surface area contributed by atoms with Crippen LogP contribution in [0.15, 0.2) is 82.1 Å². The van der Waals surface area contributed by atoms with Crippen molar-refractivity contribution in [1.29, 1.82) is 0 Å². The summed E-state index contributed by atoms with van der Waals surface area (Å²) in [4.78, 5) is 44.5. The number of ether oxygens (including phenoxy) is 2. The average Bonchev–Trinajstić information content (AvgIpc) is 3.25. The fraction of sp³-hybridized carbons (Fsp3) is 0.133. The average molecular weight is 794 g/mol. The summed E-state index contributed by atoms with van der Waals surface area (Å²) in [5, 5.41) is 0. The molecule has 4 aromatic rings. The maximum atomic E-state index is 14.1. The predicted molar refractivity (Wildman–Crippen MR) is 171 cm³/mol. The quantitative estimate of drug-likeness (QED) is 0.152. The molecule has 0 bridgehead atoms. The van der Waals surface area contributed by atoms with Crippen molar-refractivity contribution in [2.24, 2.45) is 4.99 Å². The van der Waals surface area contributed by atoms with E-state index in [1.165, 1.54) is 23.6 Å². The topological polar surface area (TPSA) is 87.0 Å². The van der Waals surface area contributed by atoms with Crippen LogP contribution in [0.4, 0.5) is 4.39 Å². The molecule has 0 fully saturated rings. The second-order valence-electron chi connectivity index (χ2n) is 8.88. The molecule has 0 radical (unpaired) electrons. The van der Waals surface area contributed by atoms with Crippen molar-refractivity contribution in [3.8, 4) is 5.75 Å². The Labute approximate surface area is 265 Å². The summed E-state index contributed by atoms with van der Waals surface area (Å²) in [7, 11) is 0. The Hall–Kier alpha value is -3.17. The molecule has 3 aromatic carbocycles. The third kappa shape index (κ3) is 6.06. The zero-order chi connectivity index (χ0) is 29.3. The first-order valence-corrected chi connectivity index (χ1v) is 15.4. The Morgan fingerprint density at radius 3 is 2.46 bits per heavy atom. The Morgan fingerprint density at radius 2 is 1.80 bits per heavy atom. The molecule has 0 spiro atoms. The van der Waals surface area contributed by atoms with E-state index in [9.17, 15) is 18.8 Å². The van der Waals surface area contributed by atoms with Crippen LogP contribution in [0.25, 0.3) is 11.8 Å². The summed E-state index contributed by atoms with van der Waals surface area (Å²) in [5.74, 6) is -1.21. The number of carbonyl (C=O) groups is 2. The number of hydrogen-bond acceptors (Lipinski definition) is 7. The van der Waals surface area contributed by atoms with Crippen LogP contribution in [0.1, 0.15) is 36.6 Å². The van der Waals surface area contributed by atoms with Gasteiger partial charge in [-0.25, -0.2) is 14.2 Å². The molecule has 1 aliphatic rings. The molecule has 208 valence electrons. The van der Waals surface area contributed by atoms with Crippen molar-refractivity contribution in [2.45, 2.75) is 19.9 Å². The van der Waals surface area contributed by atoms with Gasteiger partial charge in [-0.1, -0.05) is 53.8 Å². The van der Waals surface area contributed by atoms with E-state index < -0.39 is 29.4 Å². The summed E-state index contributed by atoms with van der Waals surface area (Å²) < 4.78 is 28.2. The molecule has 41 heavy (non-hydrogen) atoms. The van der Waals surface area contributed by atoms with Gasteiger partial charge in [-0.2, -0.15) is 0 Å². The minimum Gasteiger partial charge on any atom is -0.463 e. The van der Waals surface area contributed by atoms with Gasteiger partial charge in [-0.3, -0.25) is 14.2 Å². The number of thiazole rings is 1. The number of rotatable bonds is 6. The zero-order valence-electron chi connectivity index (χ0n) is 21.7. The van der Waals surface area contributed by atoms with E-state index in [1.807, 2.05) is 42.5 Å². The van der Waals surface area contributed by atoms with Crippen LogP contribution in [0.2, 0.25) is 0 Å². The van der Waals surface area contributed by atoms with Crippen molar-refractivity contribution in [3.05, 3.63) is 122 Å². The van der Waals surface area contributed by atoms with Gasteiger partial charge in [0.25, 0.3) is 5.56 Å². The SMILES string of the molecule is CCOC(=O)C1=C(c2ccccc2)N=c2s/c(=C\c3cc(I)cc(I)c3OC(C)=O)c(=O)n2[C@@H]1c1ccc(F)cc1. The van der Waals surface area contributed by atoms with E-state index in [0.29, 0.717) is 41.0 Å². The second kappa shape index (κ2) is 12.4. The molecule has 0 N–H and O–H groups in total. The molecular weight excluding hydrogens is 773 g/mol. The third-order valence-corrected chi connectivity index (χ3v) is 8.54. The number of fused-ring (bicyclic) bond motifs is 1. The van der Waals surface area contributed by atoms with Crippen LogP contribution < -0.4 is 19.6 Å². The monoisotopic (exact) mass is 794 g/mol. The normalized spacial score (nSPS) is 14.9. The maximum Gasteiger partial charge on any atom is 0.338 e. The van der Waals surface area contributed by atoms with Crippen molar-refractivity contribution >= 4 is 80.2 Å². The highest BCUT2D eigenvalue weighted by atomic mass is 127. The second-order valence-corrected chi connectivity index (χ2v) is 12.3. The van der Waals surface area contributed by atoms with Crippen molar-refractivity contribution in [2.75, 3.05) is 6.61 Å². The molecular formula is C30H21FI2N2O5S. The standard InChI is InChI=1S/C30H21FI2N2O5S/c1-3-39-29(38)24-25(17-7-5-4-6-8-17)34-30-35(26(24)18-9-11-20(31)12-10-18)28(37)23(41-30)14-19-13-21(32)15-22(33)27(19)40-16(2)36/h4-15,26H,3H2,1-2H3/b23-14-/t26-/m1/s1. The Bertz CT molecular complexity index is 1880. The van der Waals surface area contributed by atoms with E-state index in [1.54, 1.807) is 25.1 Å². The van der Waals surface area contributed by atoms with Gasteiger partial charge in [0.15, 0.2) is 10.6 Å². The van der Waals surface area contributed by atoms with E-state index in [0.717, 1.165) is 14.9 Å². The summed E-state index contributed by atoms with van der Waals surface area (Å²) in [5.41, 5.74) is 1.88. The molecule has 0 unspecified atom stereocenters.